The fraction of sp³-hybridized carbons (Fsp3) is 0.182. The molecule has 8 heteroatoms. The molecule has 4 rings (SSSR count). The van der Waals surface area contributed by atoms with Crippen LogP contribution in [-0.4, -0.2) is 19.1 Å². The lowest BCUT2D eigenvalue weighted by atomic mass is 10.1. The summed E-state index contributed by atoms with van der Waals surface area (Å²) in [4.78, 5) is 34.2. The standard InChI is InChI=1S/C22H18F2N4O2/c1-2-4-15-11-17(23)19(18(24)12-15)28-20-16(5-3-8-26-20)21(29)27(22(28)30)13-14-6-9-25-10-7-14/h3,5-12H,2,4,13H2,1H3. The number of pyridine rings is 2. The summed E-state index contributed by atoms with van der Waals surface area (Å²) in [6, 6.07) is 8.74. The van der Waals surface area contributed by atoms with Crippen LogP contribution in [0.5, 0.6) is 0 Å². The van der Waals surface area contributed by atoms with Crippen molar-refractivity contribution in [2.45, 2.75) is 26.3 Å². The van der Waals surface area contributed by atoms with Crippen LogP contribution in [0.15, 0.2) is 64.6 Å². The predicted molar refractivity (Wildman–Crippen MR) is 109 cm³/mol. The SMILES string of the molecule is CCCc1cc(F)c(-n2c(=O)n(Cc3ccncc3)c(=O)c3cccnc32)c(F)c1. The van der Waals surface area contributed by atoms with Crippen LogP contribution in [0.3, 0.4) is 0 Å². The van der Waals surface area contributed by atoms with Crippen molar-refractivity contribution in [2.24, 2.45) is 0 Å². The second-order valence-electron chi connectivity index (χ2n) is 6.90. The van der Waals surface area contributed by atoms with E-state index < -0.39 is 28.6 Å². The Hall–Kier alpha value is -3.68. The Morgan fingerprint density at radius 2 is 1.67 bits per heavy atom. The molecule has 0 fully saturated rings. The number of halogens is 2. The molecular formula is C22H18F2N4O2. The summed E-state index contributed by atoms with van der Waals surface area (Å²) in [5.41, 5.74) is -0.958. The third kappa shape index (κ3) is 3.41. The summed E-state index contributed by atoms with van der Waals surface area (Å²) in [7, 11) is 0. The lowest BCUT2D eigenvalue weighted by Crippen LogP contribution is -2.40. The maximum Gasteiger partial charge on any atom is 0.337 e. The Balaban J connectivity index is 2.04. The number of benzene rings is 1. The average Bonchev–Trinajstić information content (AvgIpc) is 2.74. The predicted octanol–water partition coefficient (Wildman–Crippen LogP) is 3.22. The van der Waals surface area contributed by atoms with Crippen molar-refractivity contribution in [3.05, 3.63) is 98.6 Å². The molecule has 4 aromatic rings. The lowest BCUT2D eigenvalue weighted by Gasteiger charge is -2.15. The molecule has 0 N–H and O–H groups in total. The number of hydrogen-bond acceptors (Lipinski definition) is 4. The van der Waals surface area contributed by atoms with Gasteiger partial charge >= 0.3 is 5.69 Å². The molecule has 6 nitrogen and oxygen atoms in total. The number of aryl methyl sites for hydroxylation is 1. The monoisotopic (exact) mass is 408 g/mol. The highest BCUT2D eigenvalue weighted by atomic mass is 19.1. The second kappa shape index (κ2) is 7.98. The van der Waals surface area contributed by atoms with Gasteiger partial charge in [0, 0.05) is 18.6 Å². The molecular weight excluding hydrogens is 390 g/mol. The molecule has 0 aliphatic heterocycles. The minimum absolute atomic E-state index is 0.0673. The summed E-state index contributed by atoms with van der Waals surface area (Å²) < 4.78 is 31.7. The van der Waals surface area contributed by atoms with Gasteiger partial charge in [-0.15, -0.1) is 0 Å². The molecule has 1 aromatic carbocycles. The Kier molecular flexibility index (Phi) is 5.22. The second-order valence-corrected chi connectivity index (χ2v) is 6.90. The summed E-state index contributed by atoms with van der Waals surface area (Å²) in [5.74, 6) is -1.77. The topological polar surface area (TPSA) is 69.8 Å². The van der Waals surface area contributed by atoms with Gasteiger partial charge in [-0.2, -0.15) is 0 Å². The largest absolute Gasteiger partial charge is 0.337 e. The summed E-state index contributed by atoms with van der Waals surface area (Å²) in [6.07, 6.45) is 5.66. The highest BCUT2D eigenvalue weighted by Gasteiger charge is 2.21. The first-order chi connectivity index (χ1) is 14.5. The van der Waals surface area contributed by atoms with Gasteiger partial charge in [-0.1, -0.05) is 13.3 Å². The van der Waals surface area contributed by atoms with Crippen LogP contribution in [0.4, 0.5) is 8.78 Å². The number of hydrogen-bond donors (Lipinski definition) is 0. The van der Waals surface area contributed by atoms with Gasteiger partial charge in [0.15, 0.2) is 17.3 Å². The number of aromatic nitrogens is 4. The molecule has 0 radical (unpaired) electrons. The van der Waals surface area contributed by atoms with E-state index in [0.717, 1.165) is 15.6 Å². The maximum atomic E-state index is 15.0. The maximum absolute atomic E-state index is 15.0. The zero-order valence-corrected chi connectivity index (χ0v) is 16.2. The van der Waals surface area contributed by atoms with Crippen LogP contribution in [0.25, 0.3) is 16.7 Å². The third-order valence-electron chi connectivity index (χ3n) is 4.83. The van der Waals surface area contributed by atoms with Gasteiger partial charge < -0.3 is 0 Å². The van der Waals surface area contributed by atoms with Crippen molar-refractivity contribution in [3.8, 4) is 5.69 Å². The molecule has 0 atom stereocenters. The fourth-order valence-electron chi connectivity index (χ4n) is 3.46. The van der Waals surface area contributed by atoms with Gasteiger partial charge in [0.25, 0.3) is 5.56 Å². The van der Waals surface area contributed by atoms with Crippen molar-refractivity contribution in [2.75, 3.05) is 0 Å². The van der Waals surface area contributed by atoms with Crippen LogP contribution >= 0.6 is 0 Å². The van der Waals surface area contributed by atoms with E-state index in [1.165, 1.54) is 42.9 Å². The van der Waals surface area contributed by atoms with Crippen molar-refractivity contribution in [1.82, 2.24) is 19.1 Å². The molecule has 0 spiro atoms. The van der Waals surface area contributed by atoms with Crippen LogP contribution in [0.2, 0.25) is 0 Å². The molecule has 0 unspecified atom stereocenters. The van der Waals surface area contributed by atoms with E-state index >= 15 is 0 Å². The van der Waals surface area contributed by atoms with Crippen molar-refractivity contribution < 1.29 is 8.78 Å². The van der Waals surface area contributed by atoms with E-state index in [2.05, 4.69) is 9.97 Å². The van der Waals surface area contributed by atoms with Crippen LogP contribution in [0, 0.1) is 11.6 Å². The third-order valence-corrected chi connectivity index (χ3v) is 4.83. The molecule has 0 aliphatic carbocycles. The molecule has 0 saturated carbocycles. The molecule has 30 heavy (non-hydrogen) atoms. The molecule has 0 amide bonds. The molecule has 3 heterocycles. The van der Waals surface area contributed by atoms with Crippen LogP contribution in [0.1, 0.15) is 24.5 Å². The van der Waals surface area contributed by atoms with Gasteiger partial charge in [-0.25, -0.2) is 23.1 Å². The summed E-state index contributed by atoms with van der Waals surface area (Å²) in [6.45, 7) is 1.84. The minimum Gasteiger partial charge on any atom is -0.268 e. The summed E-state index contributed by atoms with van der Waals surface area (Å²) >= 11 is 0. The number of fused-ring (bicyclic) bond motifs is 1. The molecule has 0 saturated heterocycles. The highest BCUT2D eigenvalue weighted by molar-refractivity contribution is 5.75. The van der Waals surface area contributed by atoms with Crippen molar-refractivity contribution in [1.29, 1.82) is 0 Å². The lowest BCUT2D eigenvalue weighted by molar-refractivity contribution is 0.556. The van der Waals surface area contributed by atoms with E-state index in [9.17, 15) is 18.4 Å². The molecule has 152 valence electrons. The van der Waals surface area contributed by atoms with Gasteiger partial charge in [0.1, 0.15) is 5.69 Å². The Bertz CT molecular complexity index is 1320. The van der Waals surface area contributed by atoms with Gasteiger partial charge in [-0.05, 0) is 53.9 Å². The molecule has 3 aromatic heterocycles. The Morgan fingerprint density at radius 3 is 2.33 bits per heavy atom. The Morgan fingerprint density at radius 1 is 0.967 bits per heavy atom. The number of rotatable bonds is 5. The first-order valence-corrected chi connectivity index (χ1v) is 9.49. The van der Waals surface area contributed by atoms with Crippen molar-refractivity contribution in [3.63, 3.8) is 0 Å². The van der Waals surface area contributed by atoms with Crippen LogP contribution in [-0.2, 0) is 13.0 Å². The Labute approximate surface area is 170 Å². The highest BCUT2D eigenvalue weighted by Crippen LogP contribution is 2.22. The zero-order valence-electron chi connectivity index (χ0n) is 16.2. The zero-order chi connectivity index (χ0) is 21.3. The first-order valence-electron chi connectivity index (χ1n) is 9.49. The number of nitrogens with zero attached hydrogens (tertiary/aromatic N) is 4. The van der Waals surface area contributed by atoms with E-state index in [1.54, 1.807) is 12.1 Å². The normalized spacial score (nSPS) is 11.2. The van der Waals surface area contributed by atoms with E-state index in [0.29, 0.717) is 17.5 Å². The van der Waals surface area contributed by atoms with Crippen molar-refractivity contribution >= 4 is 11.0 Å². The minimum atomic E-state index is -0.887. The van der Waals surface area contributed by atoms with Gasteiger partial charge in [-0.3, -0.25) is 14.3 Å². The fourth-order valence-corrected chi connectivity index (χ4v) is 3.46. The summed E-state index contributed by atoms with van der Waals surface area (Å²) in [5, 5.41) is 0.0857. The van der Waals surface area contributed by atoms with Gasteiger partial charge in [0.05, 0.1) is 11.9 Å². The smallest absolute Gasteiger partial charge is 0.268 e. The van der Waals surface area contributed by atoms with Crippen LogP contribution < -0.4 is 11.2 Å². The van der Waals surface area contributed by atoms with E-state index in [1.807, 2.05) is 6.92 Å². The average molecular weight is 408 g/mol. The quantitative estimate of drug-likeness (QED) is 0.509. The van der Waals surface area contributed by atoms with Gasteiger partial charge in [0.2, 0.25) is 0 Å². The molecule has 0 bridgehead atoms. The van der Waals surface area contributed by atoms with E-state index in [-0.39, 0.29) is 17.6 Å². The first kappa shape index (κ1) is 19.6. The molecule has 0 aliphatic rings. The van der Waals surface area contributed by atoms with E-state index in [4.69, 9.17) is 0 Å².